The number of pyridine rings is 1. The Hall–Kier alpha value is -3.61. The topological polar surface area (TPSA) is 87.5 Å². The normalized spacial score (nSPS) is 11.0. The molecule has 7 heteroatoms. The number of nitrogens with one attached hydrogen (secondary N) is 2. The highest BCUT2D eigenvalue weighted by Crippen LogP contribution is 2.26. The Balaban J connectivity index is 1.70. The van der Waals surface area contributed by atoms with Gasteiger partial charge in [0.1, 0.15) is 23.4 Å². The molecule has 3 rings (SSSR count). The summed E-state index contributed by atoms with van der Waals surface area (Å²) in [6.45, 7) is 2.89. The average molecular weight is 406 g/mol. The molecule has 1 aromatic carbocycles. The number of rotatable bonds is 9. The van der Waals surface area contributed by atoms with Crippen molar-refractivity contribution in [3.8, 4) is 0 Å². The van der Waals surface area contributed by atoms with Gasteiger partial charge < -0.3 is 24.7 Å². The predicted molar refractivity (Wildman–Crippen MR) is 119 cm³/mol. The van der Waals surface area contributed by atoms with Gasteiger partial charge in [0.25, 0.3) is 0 Å². The molecular weight excluding hydrogens is 380 g/mol. The number of hydrogen-bond acceptors (Lipinski definition) is 6. The Morgan fingerprint density at radius 1 is 1.30 bits per heavy atom. The number of anilines is 2. The molecule has 0 unspecified atom stereocenters. The first kappa shape index (κ1) is 21.1. The molecule has 0 atom stereocenters. The molecule has 2 heterocycles. The number of aromatic nitrogens is 1. The van der Waals surface area contributed by atoms with Gasteiger partial charge in [-0.15, -0.1) is 0 Å². The Labute approximate surface area is 175 Å². The first-order valence-electron chi connectivity index (χ1n) is 9.79. The van der Waals surface area contributed by atoms with E-state index in [1.165, 1.54) is 6.08 Å². The van der Waals surface area contributed by atoms with Crippen LogP contribution in [0.4, 0.5) is 11.5 Å². The summed E-state index contributed by atoms with van der Waals surface area (Å²) in [6.07, 6.45) is 6.23. The van der Waals surface area contributed by atoms with E-state index in [1.54, 1.807) is 31.3 Å². The summed E-state index contributed by atoms with van der Waals surface area (Å²) in [5.41, 5.74) is 3.40. The molecule has 30 heavy (non-hydrogen) atoms. The van der Waals surface area contributed by atoms with Crippen LogP contribution < -0.4 is 10.6 Å². The van der Waals surface area contributed by atoms with Gasteiger partial charge in [0.05, 0.1) is 5.69 Å². The second-order valence-electron chi connectivity index (χ2n) is 6.96. The van der Waals surface area contributed by atoms with Gasteiger partial charge in [0.2, 0.25) is 5.91 Å². The minimum absolute atomic E-state index is 0.118. The van der Waals surface area contributed by atoms with E-state index in [2.05, 4.69) is 15.6 Å². The number of amides is 1. The second-order valence-corrected chi connectivity index (χ2v) is 6.96. The minimum atomic E-state index is -0.118. The van der Waals surface area contributed by atoms with Gasteiger partial charge in [-0.25, -0.2) is 4.98 Å². The maximum Gasteiger partial charge on any atom is 0.246 e. The molecule has 7 nitrogen and oxygen atoms in total. The summed E-state index contributed by atoms with van der Waals surface area (Å²) in [5, 5.41) is 7.20. The largest absolute Gasteiger partial charge is 0.461 e. The van der Waals surface area contributed by atoms with Crippen LogP contribution in [0.3, 0.4) is 0 Å². The van der Waals surface area contributed by atoms with Gasteiger partial charge in [0, 0.05) is 56.8 Å². The van der Waals surface area contributed by atoms with Crippen LogP contribution in [-0.4, -0.2) is 42.7 Å². The van der Waals surface area contributed by atoms with E-state index >= 15 is 0 Å². The number of carbonyl (C=O) groups is 2. The highest BCUT2D eigenvalue weighted by molar-refractivity contribution is 5.92. The molecule has 0 bridgehead atoms. The molecule has 0 aliphatic carbocycles. The summed E-state index contributed by atoms with van der Waals surface area (Å²) in [6, 6.07) is 9.72. The molecule has 0 radical (unpaired) electrons. The molecule has 2 N–H and O–H groups in total. The van der Waals surface area contributed by atoms with E-state index < -0.39 is 0 Å². The van der Waals surface area contributed by atoms with Crippen molar-refractivity contribution in [2.24, 2.45) is 0 Å². The number of nitrogens with zero attached hydrogens (tertiary/aromatic N) is 2. The van der Waals surface area contributed by atoms with Crippen LogP contribution in [0.15, 0.2) is 47.0 Å². The summed E-state index contributed by atoms with van der Waals surface area (Å²) in [5.74, 6) is 1.38. The van der Waals surface area contributed by atoms with Crippen molar-refractivity contribution in [3.05, 3.63) is 59.5 Å². The molecule has 0 spiro atoms. The van der Waals surface area contributed by atoms with Crippen molar-refractivity contribution in [1.82, 2.24) is 9.88 Å². The number of hydrogen-bond donors (Lipinski definition) is 2. The number of benzene rings is 1. The fourth-order valence-electron chi connectivity index (χ4n) is 3.20. The van der Waals surface area contributed by atoms with Crippen LogP contribution in [0.2, 0.25) is 0 Å². The molecular formula is C23H26N4O3. The predicted octanol–water partition coefficient (Wildman–Crippen LogP) is 3.85. The molecule has 156 valence electrons. The maximum atomic E-state index is 12.6. The lowest BCUT2D eigenvalue weighted by molar-refractivity contribution is -0.125. The molecule has 1 amide bonds. The van der Waals surface area contributed by atoms with E-state index in [4.69, 9.17) is 4.42 Å². The number of para-hydroxylation sites is 1. The standard InChI is InChI=1S/C23H26N4O3/c1-16-19(18-7-4-5-8-21(18)30-16)15-27(3)22(29)10-9-17-13-20(25-11-6-12-28)23(24-2)26-14-17/h4-5,7-10,12-14,25H,6,11,15H2,1-3H3,(H,24,26)/b10-9+. The van der Waals surface area contributed by atoms with Crippen LogP contribution in [-0.2, 0) is 16.1 Å². The smallest absolute Gasteiger partial charge is 0.246 e. The highest BCUT2D eigenvalue weighted by atomic mass is 16.3. The number of aryl methyl sites for hydroxylation is 1. The lowest BCUT2D eigenvalue weighted by Gasteiger charge is -2.15. The average Bonchev–Trinajstić information content (AvgIpc) is 3.07. The lowest BCUT2D eigenvalue weighted by atomic mass is 10.1. The van der Waals surface area contributed by atoms with Gasteiger partial charge >= 0.3 is 0 Å². The van der Waals surface area contributed by atoms with E-state index in [0.29, 0.717) is 25.3 Å². The third-order valence-corrected chi connectivity index (χ3v) is 4.81. The van der Waals surface area contributed by atoms with Crippen molar-refractivity contribution < 1.29 is 14.0 Å². The van der Waals surface area contributed by atoms with Crippen LogP contribution in [0.1, 0.15) is 23.3 Å². The fraction of sp³-hybridized carbons (Fsp3) is 0.261. The van der Waals surface area contributed by atoms with Crippen molar-refractivity contribution in [2.45, 2.75) is 19.9 Å². The zero-order valence-electron chi connectivity index (χ0n) is 17.4. The molecule has 3 aromatic rings. The summed E-state index contributed by atoms with van der Waals surface area (Å²) < 4.78 is 5.79. The maximum absolute atomic E-state index is 12.6. The van der Waals surface area contributed by atoms with E-state index in [0.717, 1.165) is 39.8 Å². The minimum Gasteiger partial charge on any atom is -0.461 e. The first-order valence-corrected chi connectivity index (χ1v) is 9.79. The molecule has 0 aliphatic rings. The first-order chi connectivity index (χ1) is 14.5. The molecule has 0 saturated carbocycles. The van der Waals surface area contributed by atoms with Crippen LogP contribution >= 0.6 is 0 Å². The van der Waals surface area contributed by atoms with E-state index in [-0.39, 0.29) is 5.91 Å². The van der Waals surface area contributed by atoms with E-state index in [9.17, 15) is 9.59 Å². The molecule has 0 saturated heterocycles. The van der Waals surface area contributed by atoms with Gasteiger partial charge in [-0.1, -0.05) is 18.2 Å². The fourth-order valence-corrected chi connectivity index (χ4v) is 3.20. The number of fused-ring (bicyclic) bond motifs is 1. The lowest BCUT2D eigenvalue weighted by Crippen LogP contribution is -2.24. The molecule has 2 aromatic heterocycles. The summed E-state index contributed by atoms with van der Waals surface area (Å²) in [4.78, 5) is 29.2. The van der Waals surface area contributed by atoms with Gasteiger partial charge in [-0.05, 0) is 30.7 Å². The number of furan rings is 1. The van der Waals surface area contributed by atoms with Gasteiger partial charge in [-0.2, -0.15) is 0 Å². The van der Waals surface area contributed by atoms with Crippen molar-refractivity contribution in [3.63, 3.8) is 0 Å². The van der Waals surface area contributed by atoms with Gasteiger partial charge in [0.15, 0.2) is 0 Å². The monoisotopic (exact) mass is 406 g/mol. The van der Waals surface area contributed by atoms with Crippen LogP contribution in [0.25, 0.3) is 17.0 Å². The second kappa shape index (κ2) is 9.73. The molecule has 0 fully saturated rings. The van der Waals surface area contributed by atoms with Crippen molar-refractivity contribution in [1.29, 1.82) is 0 Å². The van der Waals surface area contributed by atoms with Crippen molar-refractivity contribution in [2.75, 3.05) is 31.3 Å². The van der Waals surface area contributed by atoms with Crippen molar-refractivity contribution >= 4 is 40.7 Å². The zero-order valence-corrected chi connectivity index (χ0v) is 17.4. The third kappa shape index (κ3) is 4.86. The quantitative estimate of drug-likeness (QED) is 0.319. The Morgan fingerprint density at radius 2 is 2.10 bits per heavy atom. The van der Waals surface area contributed by atoms with E-state index in [1.807, 2.05) is 37.3 Å². The number of aldehydes is 1. The van der Waals surface area contributed by atoms with Crippen LogP contribution in [0.5, 0.6) is 0 Å². The molecule has 0 aliphatic heterocycles. The number of likely N-dealkylation sites (N-methyl/N-ethyl adjacent to an activating group) is 1. The summed E-state index contributed by atoms with van der Waals surface area (Å²) in [7, 11) is 3.55. The Bertz CT molecular complexity index is 1070. The highest BCUT2D eigenvalue weighted by Gasteiger charge is 2.14. The SMILES string of the molecule is CNc1ncc(/C=C/C(=O)N(C)Cc2c(C)oc3ccccc23)cc1NCCC=O. The Kier molecular flexibility index (Phi) is 6.85. The van der Waals surface area contributed by atoms with Crippen LogP contribution in [0, 0.1) is 6.92 Å². The zero-order chi connectivity index (χ0) is 21.5. The Morgan fingerprint density at radius 3 is 2.87 bits per heavy atom. The summed E-state index contributed by atoms with van der Waals surface area (Å²) >= 11 is 0. The number of carbonyl (C=O) groups excluding carboxylic acids is 2. The van der Waals surface area contributed by atoms with Gasteiger partial charge in [-0.3, -0.25) is 4.79 Å². The third-order valence-electron chi connectivity index (χ3n) is 4.81.